The molecule has 7 heteroatoms. The predicted octanol–water partition coefficient (Wildman–Crippen LogP) is 1.05. The van der Waals surface area contributed by atoms with Gasteiger partial charge < -0.3 is 10.8 Å². The molecule has 0 atom stereocenters. The number of aromatic nitrogens is 1. The second-order valence-electron chi connectivity index (χ2n) is 2.86. The van der Waals surface area contributed by atoms with E-state index in [9.17, 15) is 13.6 Å². The minimum absolute atomic E-state index is 0.0261. The summed E-state index contributed by atoms with van der Waals surface area (Å²) in [6, 6.07) is 2.33. The van der Waals surface area contributed by atoms with Crippen molar-refractivity contribution in [2.24, 2.45) is 5.73 Å². The molecule has 0 bridgehead atoms. The van der Waals surface area contributed by atoms with Crippen LogP contribution in [-0.2, 0) is 6.54 Å². The molecule has 0 amide bonds. The van der Waals surface area contributed by atoms with Crippen LogP contribution in [0.3, 0.4) is 0 Å². The van der Waals surface area contributed by atoms with Crippen molar-refractivity contribution < 1.29 is 18.7 Å². The third-order valence-corrected chi connectivity index (χ3v) is 1.89. The van der Waals surface area contributed by atoms with Crippen molar-refractivity contribution in [1.29, 1.82) is 5.26 Å². The number of aromatic carboxylic acids is 1. The van der Waals surface area contributed by atoms with Crippen LogP contribution < -0.4 is 5.73 Å². The van der Waals surface area contributed by atoms with Crippen LogP contribution in [0, 0.1) is 11.3 Å². The zero-order valence-electron chi connectivity index (χ0n) is 7.94. The normalized spacial score (nSPS) is 10.2. The quantitative estimate of drug-likeness (QED) is 0.803. The van der Waals surface area contributed by atoms with Crippen LogP contribution in [0.5, 0.6) is 0 Å². The Kier molecular flexibility index (Phi) is 3.48. The van der Waals surface area contributed by atoms with Crippen molar-refractivity contribution in [3.8, 4) is 6.07 Å². The molecular formula is C9H7F2N3O2. The molecule has 16 heavy (non-hydrogen) atoms. The summed E-state index contributed by atoms with van der Waals surface area (Å²) in [6.07, 6.45) is -2.89. The van der Waals surface area contributed by atoms with Crippen LogP contribution in [0.15, 0.2) is 6.07 Å². The third-order valence-electron chi connectivity index (χ3n) is 1.89. The van der Waals surface area contributed by atoms with E-state index in [4.69, 9.17) is 16.1 Å². The molecule has 0 aliphatic heterocycles. The number of nitrogens with zero attached hydrogens (tertiary/aromatic N) is 2. The molecule has 1 heterocycles. The number of carbonyl (C=O) groups is 1. The molecule has 0 saturated heterocycles. The van der Waals surface area contributed by atoms with Gasteiger partial charge in [-0.2, -0.15) is 5.26 Å². The minimum Gasteiger partial charge on any atom is -0.477 e. The molecule has 1 aromatic rings. The molecule has 0 aromatic carbocycles. The Balaban J connectivity index is 3.48. The molecule has 5 nitrogen and oxygen atoms in total. The number of alkyl halides is 2. The first kappa shape index (κ1) is 12.0. The van der Waals surface area contributed by atoms with Crippen molar-refractivity contribution in [3.05, 3.63) is 28.6 Å². The maximum Gasteiger partial charge on any atom is 0.354 e. The molecule has 1 rings (SSSR count). The van der Waals surface area contributed by atoms with Crippen molar-refractivity contribution in [2.75, 3.05) is 0 Å². The van der Waals surface area contributed by atoms with Gasteiger partial charge in [-0.25, -0.2) is 18.6 Å². The Morgan fingerprint density at radius 2 is 2.31 bits per heavy atom. The summed E-state index contributed by atoms with van der Waals surface area (Å²) in [4.78, 5) is 14.1. The smallest absolute Gasteiger partial charge is 0.354 e. The predicted molar refractivity (Wildman–Crippen MR) is 48.8 cm³/mol. The number of hydrogen-bond donors (Lipinski definition) is 2. The lowest BCUT2D eigenvalue weighted by molar-refractivity contribution is 0.0688. The second-order valence-corrected chi connectivity index (χ2v) is 2.86. The van der Waals surface area contributed by atoms with Crippen LogP contribution in [0.1, 0.15) is 33.7 Å². The highest BCUT2D eigenvalue weighted by Crippen LogP contribution is 2.23. The fourth-order valence-electron chi connectivity index (χ4n) is 1.17. The first-order chi connectivity index (χ1) is 7.51. The fraction of sp³-hybridized carbons (Fsp3) is 0.222. The van der Waals surface area contributed by atoms with E-state index >= 15 is 0 Å². The maximum absolute atomic E-state index is 12.5. The maximum atomic E-state index is 12.5. The molecular weight excluding hydrogens is 220 g/mol. The van der Waals surface area contributed by atoms with Gasteiger partial charge in [0.2, 0.25) is 0 Å². The third kappa shape index (κ3) is 2.12. The molecule has 0 aliphatic rings. The largest absolute Gasteiger partial charge is 0.477 e. The fourth-order valence-corrected chi connectivity index (χ4v) is 1.17. The summed E-state index contributed by atoms with van der Waals surface area (Å²) in [7, 11) is 0. The van der Waals surface area contributed by atoms with Crippen LogP contribution >= 0.6 is 0 Å². The highest BCUT2D eigenvalue weighted by atomic mass is 19.3. The lowest BCUT2D eigenvalue weighted by Crippen LogP contribution is -2.12. The highest BCUT2D eigenvalue weighted by Gasteiger charge is 2.20. The van der Waals surface area contributed by atoms with E-state index in [-0.39, 0.29) is 12.1 Å². The molecule has 0 aliphatic carbocycles. The Morgan fingerprint density at radius 1 is 1.69 bits per heavy atom. The summed E-state index contributed by atoms with van der Waals surface area (Å²) in [5.74, 6) is -1.40. The van der Waals surface area contributed by atoms with Gasteiger partial charge in [-0.1, -0.05) is 0 Å². The van der Waals surface area contributed by atoms with Gasteiger partial charge in [-0.3, -0.25) is 0 Å². The lowest BCUT2D eigenvalue weighted by Gasteiger charge is -2.07. The summed E-state index contributed by atoms with van der Waals surface area (Å²) < 4.78 is 25.0. The van der Waals surface area contributed by atoms with E-state index in [0.29, 0.717) is 0 Å². The summed E-state index contributed by atoms with van der Waals surface area (Å²) in [6.45, 7) is -0.236. The van der Waals surface area contributed by atoms with Crippen LogP contribution in [0.2, 0.25) is 0 Å². The highest BCUT2D eigenvalue weighted by molar-refractivity contribution is 5.87. The van der Waals surface area contributed by atoms with Crippen molar-refractivity contribution in [1.82, 2.24) is 4.98 Å². The number of carboxylic acids is 1. The monoisotopic (exact) mass is 227 g/mol. The molecule has 3 N–H and O–H groups in total. The number of nitrogens with two attached hydrogens (primary N) is 1. The molecule has 84 valence electrons. The van der Waals surface area contributed by atoms with Gasteiger partial charge in [0, 0.05) is 6.54 Å². The SMILES string of the molecule is N#Cc1nc(C(=O)O)c(CN)cc1C(F)F. The van der Waals surface area contributed by atoms with E-state index in [1.807, 2.05) is 0 Å². The van der Waals surface area contributed by atoms with Gasteiger partial charge in [-0.15, -0.1) is 0 Å². The van der Waals surface area contributed by atoms with E-state index in [0.717, 1.165) is 6.07 Å². The molecule has 0 spiro atoms. The van der Waals surface area contributed by atoms with E-state index in [1.54, 1.807) is 0 Å². The summed E-state index contributed by atoms with van der Waals surface area (Å²) in [5, 5.41) is 17.3. The zero-order chi connectivity index (χ0) is 12.3. The molecule has 0 unspecified atom stereocenters. The zero-order valence-corrected chi connectivity index (χ0v) is 7.94. The molecule has 1 aromatic heterocycles. The lowest BCUT2D eigenvalue weighted by atomic mass is 10.1. The van der Waals surface area contributed by atoms with Gasteiger partial charge in [0.1, 0.15) is 11.8 Å². The van der Waals surface area contributed by atoms with Crippen LogP contribution in [-0.4, -0.2) is 16.1 Å². The van der Waals surface area contributed by atoms with Crippen molar-refractivity contribution in [2.45, 2.75) is 13.0 Å². The molecule has 0 radical (unpaired) electrons. The van der Waals surface area contributed by atoms with Gasteiger partial charge in [-0.05, 0) is 11.6 Å². The number of halogens is 2. The van der Waals surface area contributed by atoms with Crippen molar-refractivity contribution in [3.63, 3.8) is 0 Å². The van der Waals surface area contributed by atoms with Gasteiger partial charge >= 0.3 is 5.97 Å². The Morgan fingerprint density at radius 3 is 2.69 bits per heavy atom. The topological polar surface area (TPSA) is 100 Å². The molecule has 0 fully saturated rings. The average molecular weight is 227 g/mol. The first-order valence-corrected chi connectivity index (χ1v) is 4.16. The van der Waals surface area contributed by atoms with E-state index < -0.39 is 29.3 Å². The Bertz CT molecular complexity index is 469. The number of carboxylic acid groups (broad SMARTS) is 1. The second kappa shape index (κ2) is 4.63. The summed E-state index contributed by atoms with van der Waals surface area (Å²) >= 11 is 0. The number of nitriles is 1. The van der Waals surface area contributed by atoms with E-state index in [2.05, 4.69) is 4.98 Å². The van der Waals surface area contributed by atoms with Gasteiger partial charge in [0.25, 0.3) is 6.43 Å². The number of rotatable bonds is 3. The number of hydrogen-bond acceptors (Lipinski definition) is 4. The Labute approximate surface area is 89.1 Å². The Hall–Kier alpha value is -2.07. The molecule has 0 saturated carbocycles. The minimum atomic E-state index is -2.89. The van der Waals surface area contributed by atoms with Gasteiger partial charge in [0.05, 0.1) is 5.56 Å². The first-order valence-electron chi connectivity index (χ1n) is 4.16. The van der Waals surface area contributed by atoms with Crippen LogP contribution in [0.25, 0.3) is 0 Å². The van der Waals surface area contributed by atoms with Gasteiger partial charge in [0.15, 0.2) is 5.69 Å². The van der Waals surface area contributed by atoms with Crippen molar-refractivity contribution >= 4 is 5.97 Å². The van der Waals surface area contributed by atoms with E-state index in [1.165, 1.54) is 6.07 Å². The number of pyridine rings is 1. The summed E-state index contributed by atoms with van der Waals surface area (Å²) in [5.41, 5.74) is 3.53. The van der Waals surface area contributed by atoms with Crippen LogP contribution in [0.4, 0.5) is 8.78 Å². The average Bonchev–Trinajstić information content (AvgIpc) is 2.26. The standard InChI is InChI=1S/C9H7F2N3O2/c10-8(11)5-1-4(2-12)7(9(15)16)14-6(5)3-13/h1,8H,2,12H2,(H,15,16).